The van der Waals surface area contributed by atoms with Crippen LogP contribution in [-0.2, 0) is 15.7 Å². The molecule has 0 atom stereocenters. The number of ether oxygens (including phenoxy) is 2. The van der Waals surface area contributed by atoms with Crippen molar-refractivity contribution < 1.29 is 18.3 Å². The first-order valence-corrected chi connectivity index (χ1v) is 6.23. The van der Waals surface area contributed by atoms with Gasteiger partial charge in [-0.05, 0) is 11.6 Å². The van der Waals surface area contributed by atoms with Gasteiger partial charge >= 0.3 is 6.61 Å². The topological polar surface area (TPSA) is 43.4 Å². The zero-order chi connectivity index (χ0) is 13.7. The van der Waals surface area contributed by atoms with Gasteiger partial charge in [0.05, 0.1) is 24.4 Å². The Morgan fingerprint density at radius 3 is 2.68 bits per heavy atom. The number of rotatable bonds is 2. The lowest BCUT2D eigenvalue weighted by molar-refractivity contribution is -0.0864. The summed E-state index contributed by atoms with van der Waals surface area (Å²) in [6.45, 7) is 3.12. The molecule has 1 fully saturated rings. The van der Waals surface area contributed by atoms with Crippen LogP contribution < -0.4 is 10.1 Å². The van der Waals surface area contributed by atoms with E-state index in [0.29, 0.717) is 13.2 Å². The molecule has 3 heterocycles. The van der Waals surface area contributed by atoms with E-state index < -0.39 is 6.61 Å². The van der Waals surface area contributed by atoms with Gasteiger partial charge in [-0.25, -0.2) is 4.98 Å². The number of halogens is 2. The van der Waals surface area contributed by atoms with E-state index in [1.165, 1.54) is 6.07 Å². The minimum Gasteiger partial charge on any atom is -0.417 e. The van der Waals surface area contributed by atoms with Crippen LogP contribution in [0.25, 0.3) is 0 Å². The van der Waals surface area contributed by atoms with Crippen LogP contribution >= 0.6 is 0 Å². The van der Waals surface area contributed by atoms with Crippen LogP contribution in [0.1, 0.15) is 25.1 Å². The molecule has 4 nitrogen and oxygen atoms in total. The molecule has 6 heteroatoms. The van der Waals surface area contributed by atoms with E-state index in [0.717, 1.165) is 17.8 Å². The average molecular weight is 270 g/mol. The van der Waals surface area contributed by atoms with Crippen molar-refractivity contribution >= 4 is 0 Å². The number of nitrogens with zero attached hydrogens (tertiary/aromatic N) is 1. The molecule has 0 aliphatic carbocycles. The largest absolute Gasteiger partial charge is 0.417 e. The lowest BCUT2D eigenvalue weighted by Gasteiger charge is -2.50. The van der Waals surface area contributed by atoms with E-state index in [2.05, 4.69) is 15.0 Å². The summed E-state index contributed by atoms with van der Waals surface area (Å²) in [5, 5.41) is 3.48. The third-order valence-electron chi connectivity index (χ3n) is 3.80. The number of fused-ring (bicyclic) bond motifs is 2. The van der Waals surface area contributed by atoms with Crippen molar-refractivity contribution in [3.05, 3.63) is 23.4 Å². The number of pyridine rings is 1. The number of aromatic nitrogens is 1. The second-order valence-electron chi connectivity index (χ2n) is 5.74. The van der Waals surface area contributed by atoms with Gasteiger partial charge < -0.3 is 14.8 Å². The maximum Gasteiger partial charge on any atom is 0.388 e. The predicted octanol–water partition coefficient (Wildman–Crippen LogP) is 1.79. The van der Waals surface area contributed by atoms with Crippen molar-refractivity contribution in [3.8, 4) is 5.88 Å². The zero-order valence-corrected chi connectivity index (χ0v) is 10.9. The minimum absolute atomic E-state index is 0.0286. The molecule has 0 saturated carbocycles. The van der Waals surface area contributed by atoms with E-state index in [1.807, 2.05) is 19.9 Å². The summed E-state index contributed by atoms with van der Waals surface area (Å²) in [7, 11) is 0. The normalized spacial score (nSPS) is 23.0. The molecule has 1 saturated heterocycles. The first-order valence-electron chi connectivity index (χ1n) is 6.23. The maximum atomic E-state index is 12.3. The molecule has 2 aliphatic heterocycles. The Bertz CT molecular complexity index is 501. The summed E-state index contributed by atoms with van der Waals surface area (Å²) in [5.41, 5.74) is 1.41. The molecule has 0 amide bonds. The van der Waals surface area contributed by atoms with Gasteiger partial charge in [0, 0.05) is 18.0 Å². The Morgan fingerprint density at radius 1 is 1.37 bits per heavy atom. The van der Waals surface area contributed by atoms with Crippen molar-refractivity contribution in [2.75, 3.05) is 19.8 Å². The Kier molecular flexibility index (Phi) is 2.76. The Morgan fingerprint density at radius 2 is 2.11 bits per heavy atom. The van der Waals surface area contributed by atoms with E-state index in [4.69, 9.17) is 4.74 Å². The van der Waals surface area contributed by atoms with Gasteiger partial charge in [-0.3, -0.25) is 0 Å². The highest BCUT2D eigenvalue weighted by atomic mass is 19.3. The zero-order valence-electron chi connectivity index (χ0n) is 10.9. The lowest BCUT2D eigenvalue weighted by Crippen LogP contribution is -2.63. The van der Waals surface area contributed by atoms with Crippen molar-refractivity contribution in [2.24, 2.45) is 0 Å². The highest BCUT2D eigenvalue weighted by molar-refractivity contribution is 5.41. The third-order valence-corrected chi connectivity index (χ3v) is 3.80. The number of nitrogens with one attached hydrogen (secondary N) is 1. The second-order valence-corrected chi connectivity index (χ2v) is 5.74. The van der Waals surface area contributed by atoms with E-state index in [1.54, 1.807) is 0 Å². The fourth-order valence-corrected chi connectivity index (χ4v) is 2.63. The first kappa shape index (κ1) is 12.7. The van der Waals surface area contributed by atoms with Crippen LogP contribution in [0, 0.1) is 0 Å². The fraction of sp³-hybridized carbons (Fsp3) is 0.615. The van der Waals surface area contributed by atoms with Crippen molar-refractivity contribution in [1.29, 1.82) is 0 Å². The first-order chi connectivity index (χ1) is 8.93. The molecule has 1 N–H and O–H groups in total. The molecule has 3 rings (SSSR count). The SMILES string of the molecule is CC1(C)CNC2(COC2)c2ccc(OC(F)F)nc21. The highest BCUT2D eigenvalue weighted by Gasteiger charge is 2.48. The molecule has 0 bridgehead atoms. The van der Waals surface area contributed by atoms with Crippen molar-refractivity contribution in [2.45, 2.75) is 31.4 Å². The summed E-state index contributed by atoms with van der Waals surface area (Å²) in [6, 6.07) is 3.31. The second kappa shape index (κ2) is 4.11. The molecule has 0 unspecified atom stereocenters. The summed E-state index contributed by atoms with van der Waals surface area (Å²) in [5.74, 6) is -0.0286. The van der Waals surface area contributed by atoms with Gasteiger partial charge in [0.15, 0.2) is 0 Å². The van der Waals surface area contributed by atoms with Gasteiger partial charge in [0.25, 0.3) is 0 Å². The molecular weight excluding hydrogens is 254 g/mol. The van der Waals surface area contributed by atoms with Crippen LogP contribution in [0.5, 0.6) is 5.88 Å². The standard InChI is InChI=1S/C13H16F2N2O2/c1-12(2)5-16-13(6-18-7-13)8-3-4-9(17-10(8)12)19-11(14)15/h3-4,11,16H,5-7H2,1-2H3. The van der Waals surface area contributed by atoms with Crippen LogP contribution in [0.4, 0.5) is 8.78 Å². The van der Waals surface area contributed by atoms with E-state index in [-0.39, 0.29) is 16.8 Å². The number of alkyl halides is 2. The molecule has 1 aromatic heterocycles. The molecular formula is C13H16F2N2O2. The summed E-state index contributed by atoms with van der Waals surface area (Å²) < 4.78 is 34.3. The molecule has 0 aromatic carbocycles. The van der Waals surface area contributed by atoms with E-state index in [9.17, 15) is 8.78 Å². The summed E-state index contributed by atoms with van der Waals surface area (Å²) in [6.07, 6.45) is 0. The van der Waals surface area contributed by atoms with Crippen LogP contribution in [0.2, 0.25) is 0 Å². The van der Waals surface area contributed by atoms with Crippen LogP contribution in [-0.4, -0.2) is 31.4 Å². The monoisotopic (exact) mass is 270 g/mol. The average Bonchev–Trinajstić information content (AvgIpc) is 2.27. The van der Waals surface area contributed by atoms with Gasteiger partial charge in [-0.1, -0.05) is 13.8 Å². The molecule has 1 spiro atoms. The number of hydrogen-bond donors (Lipinski definition) is 1. The lowest BCUT2D eigenvalue weighted by atomic mass is 9.73. The van der Waals surface area contributed by atoms with Crippen LogP contribution in [0.15, 0.2) is 12.1 Å². The molecule has 19 heavy (non-hydrogen) atoms. The maximum absolute atomic E-state index is 12.3. The van der Waals surface area contributed by atoms with Gasteiger partial charge in [0.2, 0.25) is 5.88 Å². The van der Waals surface area contributed by atoms with Crippen molar-refractivity contribution in [1.82, 2.24) is 10.3 Å². The molecule has 0 radical (unpaired) electrons. The number of hydrogen-bond acceptors (Lipinski definition) is 4. The summed E-state index contributed by atoms with van der Waals surface area (Å²) in [4.78, 5) is 4.29. The van der Waals surface area contributed by atoms with Crippen molar-refractivity contribution in [3.63, 3.8) is 0 Å². The molecule has 104 valence electrons. The summed E-state index contributed by atoms with van der Waals surface area (Å²) >= 11 is 0. The van der Waals surface area contributed by atoms with Gasteiger partial charge in [0.1, 0.15) is 0 Å². The Labute approximate surface area is 110 Å². The van der Waals surface area contributed by atoms with Gasteiger partial charge in [-0.15, -0.1) is 0 Å². The minimum atomic E-state index is -2.85. The smallest absolute Gasteiger partial charge is 0.388 e. The van der Waals surface area contributed by atoms with Gasteiger partial charge in [-0.2, -0.15) is 8.78 Å². The predicted molar refractivity (Wildman–Crippen MR) is 64.4 cm³/mol. The van der Waals surface area contributed by atoms with Crippen LogP contribution in [0.3, 0.4) is 0 Å². The Hall–Kier alpha value is -1.27. The highest BCUT2D eigenvalue weighted by Crippen LogP contribution is 2.41. The molecule has 2 aliphatic rings. The van der Waals surface area contributed by atoms with E-state index >= 15 is 0 Å². The fourth-order valence-electron chi connectivity index (χ4n) is 2.63. The third kappa shape index (κ3) is 1.99. The Balaban J connectivity index is 2.04. The quantitative estimate of drug-likeness (QED) is 0.889. The molecule has 1 aromatic rings.